The molecule has 5 rings (SSSR count). The van der Waals surface area contributed by atoms with Crippen molar-refractivity contribution in [2.75, 3.05) is 18.6 Å². The van der Waals surface area contributed by atoms with E-state index in [9.17, 15) is 19.7 Å². The van der Waals surface area contributed by atoms with E-state index in [4.69, 9.17) is 9.47 Å². The number of amides is 1. The summed E-state index contributed by atoms with van der Waals surface area (Å²) >= 11 is 0. The summed E-state index contributed by atoms with van der Waals surface area (Å²) in [7, 11) is 1.57. The lowest BCUT2D eigenvalue weighted by atomic mass is 9.94. The zero-order valence-electron chi connectivity index (χ0n) is 20.0. The average molecular weight is 498 g/mol. The van der Waals surface area contributed by atoms with Crippen molar-refractivity contribution in [3.8, 4) is 17.0 Å². The Hall–Kier alpha value is -4.99. The topological polar surface area (TPSA) is 128 Å². The second-order valence-electron chi connectivity index (χ2n) is 8.25. The number of fused-ring (bicyclic) bond motifs is 1. The van der Waals surface area contributed by atoms with Crippen molar-refractivity contribution < 1.29 is 24.0 Å². The number of benzene rings is 3. The molecule has 1 N–H and O–H groups in total. The smallest absolute Gasteiger partial charge is 0.338 e. The highest BCUT2D eigenvalue weighted by molar-refractivity contribution is 6.12. The zero-order chi connectivity index (χ0) is 26.1. The standard InChI is InChI=1S/C27H22N4O6/c1-3-37-27(33)17-8-12-18(13-9-17)30-25(20-6-4-5-7-21(20)31(34)35)22-23(28-29-24(22)26(30)32)16-10-14-19(36-2)15-11-16/h4-15,25H,3H2,1-2H3,(H,28,29). The second-order valence-corrected chi connectivity index (χ2v) is 8.25. The summed E-state index contributed by atoms with van der Waals surface area (Å²) in [6.45, 7) is 1.95. The third kappa shape index (κ3) is 4.08. The van der Waals surface area contributed by atoms with Gasteiger partial charge in [-0.05, 0) is 61.5 Å². The maximum absolute atomic E-state index is 13.7. The van der Waals surface area contributed by atoms with Crippen molar-refractivity contribution in [3.63, 3.8) is 0 Å². The Labute approximate surface area is 211 Å². The van der Waals surface area contributed by atoms with E-state index in [1.165, 1.54) is 11.0 Å². The highest BCUT2D eigenvalue weighted by Crippen LogP contribution is 2.47. The van der Waals surface area contributed by atoms with Gasteiger partial charge in [-0.25, -0.2) is 4.79 Å². The monoisotopic (exact) mass is 498 g/mol. The maximum atomic E-state index is 13.7. The molecule has 10 heteroatoms. The fourth-order valence-corrected chi connectivity index (χ4v) is 4.53. The number of aromatic amines is 1. The molecule has 37 heavy (non-hydrogen) atoms. The van der Waals surface area contributed by atoms with Crippen LogP contribution in [0.15, 0.2) is 72.8 Å². The Balaban J connectivity index is 1.67. The van der Waals surface area contributed by atoms with Crippen LogP contribution in [0.25, 0.3) is 11.3 Å². The minimum Gasteiger partial charge on any atom is -0.497 e. The van der Waals surface area contributed by atoms with Crippen LogP contribution < -0.4 is 9.64 Å². The van der Waals surface area contributed by atoms with Gasteiger partial charge in [0.05, 0.1) is 41.5 Å². The molecule has 0 aliphatic carbocycles. The van der Waals surface area contributed by atoms with Crippen LogP contribution in [0, 0.1) is 10.1 Å². The minimum absolute atomic E-state index is 0.122. The van der Waals surface area contributed by atoms with E-state index >= 15 is 0 Å². The van der Waals surface area contributed by atoms with Gasteiger partial charge in [0.2, 0.25) is 0 Å². The predicted octanol–water partition coefficient (Wildman–Crippen LogP) is 4.92. The summed E-state index contributed by atoms with van der Waals surface area (Å²) < 4.78 is 10.3. The summed E-state index contributed by atoms with van der Waals surface area (Å²) in [5, 5.41) is 19.2. The number of ether oxygens (including phenoxy) is 2. The number of esters is 1. The number of nitro groups is 1. The van der Waals surface area contributed by atoms with Gasteiger partial charge < -0.3 is 9.47 Å². The first-order chi connectivity index (χ1) is 17.9. The Morgan fingerprint density at radius 2 is 1.78 bits per heavy atom. The first-order valence-corrected chi connectivity index (χ1v) is 11.5. The minimum atomic E-state index is -0.839. The molecule has 1 atom stereocenters. The molecular formula is C27H22N4O6. The summed E-state index contributed by atoms with van der Waals surface area (Å²) in [5.74, 6) is -0.215. The molecule has 1 amide bonds. The molecule has 10 nitrogen and oxygen atoms in total. The van der Waals surface area contributed by atoms with Crippen molar-refractivity contribution in [3.05, 3.63) is 105 Å². The SMILES string of the molecule is CCOC(=O)c1ccc(N2C(=O)c3[nH]nc(-c4ccc(OC)cc4)c3C2c2ccccc2[N+](=O)[O-])cc1. The quantitative estimate of drug-likeness (QED) is 0.218. The van der Waals surface area contributed by atoms with Crippen LogP contribution in [0.1, 0.15) is 44.9 Å². The van der Waals surface area contributed by atoms with Crippen LogP contribution in [-0.4, -0.2) is 40.7 Å². The fraction of sp³-hybridized carbons (Fsp3) is 0.148. The molecule has 3 aromatic carbocycles. The molecule has 1 aromatic heterocycles. The zero-order valence-corrected chi connectivity index (χ0v) is 20.0. The number of nitrogens with one attached hydrogen (secondary N) is 1. The summed E-state index contributed by atoms with van der Waals surface area (Å²) in [4.78, 5) is 38.8. The van der Waals surface area contributed by atoms with Crippen LogP contribution in [0.4, 0.5) is 11.4 Å². The molecule has 4 aromatic rings. The van der Waals surface area contributed by atoms with E-state index in [0.717, 1.165) is 0 Å². The fourth-order valence-electron chi connectivity index (χ4n) is 4.53. The molecule has 0 spiro atoms. The number of methoxy groups -OCH3 is 1. The number of anilines is 1. The van der Waals surface area contributed by atoms with Crippen LogP contribution in [0.5, 0.6) is 5.75 Å². The Morgan fingerprint density at radius 3 is 2.43 bits per heavy atom. The normalized spacial score (nSPS) is 14.4. The van der Waals surface area contributed by atoms with Crippen LogP contribution >= 0.6 is 0 Å². The molecule has 0 saturated heterocycles. The van der Waals surface area contributed by atoms with Gasteiger partial charge in [0.1, 0.15) is 11.4 Å². The largest absolute Gasteiger partial charge is 0.497 e. The molecule has 1 aliphatic rings. The van der Waals surface area contributed by atoms with Gasteiger partial charge in [0, 0.05) is 22.9 Å². The number of rotatable bonds is 7. The molecule has 1 unspecified atom stereocenters. The maximum Gasteiger partial charge on any atom is 0.338 e. The van der Waals surface area contributed by atoms with E-state index in [2.05, 4.69) is 10.2 Å². The molecule has 0 bridgehead atoms. The van der Waals surface area contributed by atoms with Crippen molar-refractivity contribution in [2.24, 2.45) is 0 Å². The number of carbonyl (C=O) groups excluding carboxylic acids is 2. The third-order valence-electron chi connectivity index (χ3n) is 6.22. The van der Waals surface area contributed by atoms with Crippen LogP contribution in [0.3, 0.4) is 0 Å². The summed E-state index contributed by atoms with van der Waals surface area (Å²) in [6, 6.07) is 19.0. The molecule has 0 radical (unpaired) electrons. The lowest BCUT2D eigenvalue weighted by Gasteiger charge is -2.26. The number of aromatic nitrogens is 2. The molecule has 186 valence electrons. The highest BCUT2D eigenvalue weighted by Gasteiger charge is 2.45. The highest BCUT2D eigenvalue weighted by atomic mass is 16.6. The van der Waals surface area contributed by atoms with E-state index < -0.39 is 22.8 Å². The number of nitro benzene ring substituents is 1. The van der Waals surface area contributed by atoms with Crippen LogP contribution in [0.2, 0.25) is 0 Å². The molecule has 2 heterocycles. The van der Waals surface area contributed by atoms with Crippen molar-refractivity contribution in [1.82, 2.24) is 10.2 Å². The Morgan fingerprint density at radius 1 is 1.08 bits per heavy atom. The lowest BCUT2D eigenvalue weighted by Crippen LogP contribution is -2.29. The van der Waals surface area contributed by atoms with E-state index in [-0.39, 0.29) is 18.0 Å². The van der Waals surface area contributed by atoms with E-state index in [1.807, 2.05) is 12.1 Å². The van der Waals surface area contributed by atoms with Gasteiger partial charge in [-0.1, -0.05) is 12.1 Å². The second kappa shape index (κ2) is 9.57. The molecule has 1 aliphatic heterocycles. The molecular weight excluding hydrogens is 476 g/mol. The molecule has 0 fully saturated rings. The Bertz CT molecular complexity index is 1490. The third-order valence-corrected chi connectivity index (χ3v) is 6.22. The summed E-state index contributed by atoms with van der Waals surface area (Å²) in [5.41, 5.74) is 3.00. The average Bonchev–Trinajstić information content (AvgIpc) is 3.47. The van der Waals surface area contributed by atoms with Gasteiger partial charge in [0.15, 0.2) is 0 Å². The number of nitrogens with zero attached hydrogens (tertiary/aromatic N) is 3. The van der Waals surface area contributed by atoms with E-state index in [0.29, 0.717) is 39.4 Å². The molecule has 0 saturated carbocycles. The predicted molar refractivity (Wildman–Crippen MR) is 135 cm³/mol. The van der Waals surface area contributed by atoms with Gasteiger partial charge in [-0.3, -0.25) is 24.9 Å². The summed E-state index contributed by atoms with van der Waals surface area (Å²) in [6.07, 6.45) is 0. The lowest BCUT2D eigenvalue weighted by molar-refractivity contribution is -0.385. The van der Waals surface area contributed by atoms with Gasteiger partial charge in [0.25, 0.3) is 11.6 Å². The van der Waals surface area contributed by atoms with Crippen LogP contribution in [-0.2, 0) is 4.74 Å². The first-order valence-electron chi connectivity index (χ1n) is 11.5. The van der Waals surface area contributed by atoms with Gasteiger partial charge in [-0.2, -0.15) is 5.10 Å². The number of hydrogen-bond donors (Lipinski definition) is 1. The number of hydrogen-bond acceptors (Lipinski definition) is 7. The first kappa shape index (κ1) is 23.7. The van der Waals surface area contributed by atoms with Crippen molar-refractivity contribution in [2.45, 2.75) is 13.0 Å². The Kier molecular flexibility index (Phi) is 6.14. The van der Waals surface area contributed by atoms with E-state index in [1.54, 1.807) is 68.6 Å². The van der Waals surface area contributed by atoms with Gasteiger partial charge >= 0.3 is 5.97 Å². The van der Waals surface area contributed by atoms with Gasteiger partial charge in [-0.15, -0.1) is 0 Å². The number of para-hydroxylation sites is 1. The number of carbonyl (C=O) groups is 2. The van der Waals surface area contributed by atoms with Crippen molar-refractivity contribution >= 4 is 23.3 Å². The number of H-pyrrole nitrogens is 1. The van der Waals surface area contributed by atoms with Crippen molar-refractivity contribution in [1.29, 1.82) is 0 Å².